The van der Waals surface area contributed by atoms with Crippen LogP contribution in [0.15, 0.2) is 60.8 Å². The molecule has 2 aromatic carbocycles. The molecule has 4 heteroatoms. The topological polar surface area (TPSA) is 59.1 Å². The predicted molar refractivity (Wildman–Crippen MR) is 86.1 cm³/mol. The minimum absolute atomic E-state index is 0.00358. The van der Waals surface area contributed by atoms with Gasteiger partial charge in [0.15, 0.2) is 5.78 Å². The average molecular weight is 290 g/mol. The number of anilines is 1. The first-order chi connectivity index (χ1) is 10.6. The molecule has 1 heterocycles. The van der Waals surface area contributed by atoms with E-state index < -0.39 is 0 Å². The SMILES string of the molecule is CC(=O)c1ccc(NC(=O)c2cccc3cccnc23)cc1. The van der Waals surface area contributed by atoms with E-state index in [1.807, 2.05) is 24.3 Å². The van der Waals surface area contributed by atoms with Crippen LogP contribution in [0, 0.1) is 0 Å². The zero-order valence-corrected chi connectivity index (χ0v) is 12.0. The van der Waals surface area contributed by atoms with Gasteiger partial charge in [-0.1, -0.05) is 18.2 Å². The lowest BCUT2D eigenvalue weighted by atomic mass is 10.1. The van der Waals surface area contributed by atoms with E-state index in [2.05, 4.69) is 10.3 Å². The first-order valence-corrected chi connectivity index (χ1v) is 6.91. The van der Waals surface area contributed by atoms with Gasteiger partial charge < -0.3 is 5.32 Å². The van der Waals surface area contributed by atoms with E-state index in [4.69, 9.17) is 0 Å². The van der Waals surface area contributed by atoms with E-state index in [0.29, 0.717) is 22.3 Å². The van der Waals surface area contributed by atoms with Crippen LogP contribution in [-0.2, 0) is 0 Å². The van der Waals surface area contributed by atoms with Gasteiger partial charge in [-0.05, 0) is 43.3 Å². The third-order valence-electron chi connectivity index (χ3n) is 3.43. The summed E-state index contributed by atoms with van der Waals surface area (Å²) in [6, 6.07) is 16.1. The Kier molecular flexibility index (Phi) is 3.66. The Labute approximate surface area is 127 Å². The summed E-state index contributed by atoms with van der Waals surface area (Å²) in [5, 5.41) is 3.74. The summed E-state index contributed by atoms with van der Waals surface area (Å²) in [5.74, 6) is -0.226. The number of ketones is 1. The molecule has 3 aromatic rings. The monoisotopic (exact) mass is 290 g/mol. The third-order valence-corrected chi connectivity index (χ3v) is 3.43. The Morgan fingerprint density at radius 3 is 2.41 bits per heavy atom. The van der Waals surface area contributed by atoms with E-state index in [0.717, 1.165) is 5.39 Å². The lowest BCUT2D eigenvalue weighted by Gasteiger charge is -2.08. The summed E-state index contributed by atoms with van der Waals surface area (Å²) in [6.07, 6.45) is 1.67. The van der Waals surface area contributed by atoms with Crippen LogP contribution in [0.3, 0.4) is 0 Å². The van der Waals surface area contributed by atoms with Gasteiger partial charge in [0.2, 0.25) is 0 Å². The maximum Gasteiger partial charge on any atom is 0.257 e. The van der Waals surface area contributed by atoms with Crippen LogP contribution >= 0.6 is 0 Å². The summed E-state index contributed by atoms with van der Waals surface area (Å²) >= 11 is 0. The normalized spacial score (nSPS) is 10.4. The number of hydrogen-bond acceptors (Lipinski definition) is 3. The van der Waals surface area contributed by atoms with E-state index in [1.54, 1.807) is 36.5 Å². The predicted octanol–water partition coefficient (Wildman–Crippen LogP) is 3.69. The Morgan fingerprint density at radius 2 is 1.68 bits per heavy atom. The second-order valence-electron chi connectivity index (χ2n) is 4.97. The van der Waals surface area contributed by atoms with Crippen LogP contribution in [0.2, 0.25) is 0 Å². The Morgan fingerprint density at radius 1 is 0.955 bits per heavy atom. The molecule has 0 atom stereocenters. The number of hydrogen-bond donors (Lipinski definition) is 1. The second kappa shape index (κ2) is 5.77. The highest BCUT2D eigenvalue weighted by Gasteiger charge is 2.11. The van der Waals surface area contributed by atoms with Gasteiger partial charge in [-0.25, -0.2) is 0 Å². The van der Waals surface area contributed by atoms with Crippen LogP contribution in [0.5, 0.6) is 0 Å². The third kappa shape index (κ3) is 2.72. The lowest BCUT2D eigenvalue weighted by molar-refractivity contribution is 0.101. The minimum atomic E-state index is -0.222. The molecular formula is C18H14N2O2. The molecule has 1 amide bonds. The Balaban J connectivity index is 1.89. The number of pyridine rings is 1. The number of nitrogens with one attached hydrogen (secondary N) is 1. The number of Topliss-reactive ketones (excluding diaryl/α,β-unsaturated/α-hetero) is 1. The van der Waals surface area contributed by atoms with Gasteiger partial charge in [0.1, 0.15) is 0 Å². The van der Waals surface area contributed by atoms with Crippen LogP contribution in [0.1, 0.15) is 27.6 Å². The number of benzene rings is 2. The fraction of sp³-hybridized carbons (Fsp3) is 0.0556. The van der Waals surface area contributed by atoms with Gasteiger partial charge in [0.05, 0.1) is 11.1 Å². The highest BCUT2D eigenvalue weighted by atomic mass is 16.1. The molecule has 0 aliphatic heterocycles. The molecule has 0 saturated heterocycles. The molecule has 1 N–H and O–H groups in total. The maximum atomic E-state index is 12.4. The van der Waals surface area contributed by atoms with Crippen molar-refractivity contribution in [1.29, 1.82) is 0 Å². The number of carbonyl (C=O) groups excluding carboxylic acids is 2. The Hall–Kier alpha value is -3.01. The molecule has 0 saturated carbocycles. The van der Waals surface area contributed by atoms with Crippen molar-refractivity contribution in [3.63, 3.8) is 0 Å². The molecular weight excluding hydrogens is 276 g/mol. The molecule has 0 aliphatic rings. The standard InChI is InChI=1S/C18H14N2O2/c1-12(21)13-7-9-15(10-8-13)20-18(22)16-6-2-4-14-5-3-11-19-17(14)16/h2-11H,1H3,(H,20,22). The number of aromatic nitrogens is 1. The van der Waals surface area contributed by atoms with Crippen molar-refractivity contribution in [1.82, 2.24) is 4.98 Å². The molecule has 0 unspecified atom stereocenters. The zero-order chi connectivity index (χ0) is 15.5. The summed E-state index contributed by atoms with van der Waals surface area (Å²) in [4.78, 5) is 28.0. The van der Waals surface area contributed by atoms with Crippen molar-refractivity contribution in [2.75, 3.05) is 5.32 Å². The van der Waals surface area contributed by atoms with Gasteiger partial charge >= 0.3 is 0 Å². The minimum Gasteiger partial charge on any atom is -0.322 e. The van der Waals surface area contributed by atoms with Crippen molar-refractivity contribution < 1.29 is 9.59 Å². The average Bonchev–Trinajstić information content (AvgIpc) is 2.54. The number of rotatable bonds is 3. The van der Waals surface area contributed by atoms with E-state index >= 15 is 0 Å². The first kappa shape index (κ1) is 13.9. The number of carbonyl (C=O) groups is 2. The number of nitrogens with zero attached hydrogens (tertiary/aromatic N) is 1. The fourth-order valence-corrected chi connectivity index (χ4v) is 2.27. The van der Waals surface area contributed by atoms with Crippen molar-refractivity contribution in [2.45, 2.75) is 6.92 Å². The van der Waals surface area contributed by atoms with E-state index in [-0.39, 0.29) is 11.7 Å². The smallest absolute Gasteiger partial charge is 0.257 e. The van der Waals surface area contributed by atoms with Crippen LogP contribution in [-0.4, -0.2) is 16.7 Å². The molecule has 0 bridgehead atoms. The highest BCUT2D eigenvalue weighted by molar-refractivity contribution is 6.11. The number of fused-ring (bicyclic) bond motifs is 1. The van der Waals surface area contributed by atoms with E-state index in [1.165, 1.54) is 6.92 Å². The van der Waals surface area contributed by atoms with Crippen LogP contribution in [0.25, 0.3) is 10.9 Å². The molecule has 4 nitrogen and oxygen atoms in total. The van der Waals surface area contributed by atoms with Crippen LogP contribution in [0.4, 0.5) is 5.69 Å². The largest absolute Gasteiger partial charge is 0.322 e. The van der Waals surface area contributed by atoms with Gasteiger partial charge in [-0.3, -0.25) is 14.6 Å². The first-order valence-electron chi connectivity index (χ1n) is 6.91. The molecule has 0 spiro atoms. The Bertz CT molecular complexity index is 849. The summed E-state index contributed by atoms with van der Waals surface area (Å²) in [6.45, 7) is 1.51. The highest BCUT2D eigenvalue weighted by Crippen LogP contribution is 2.18. The molecule has 0 fully saturated rings. The number of amides is 1. The molecule has 3 rings (SSSR count). The van der Waals surface area contributed by atoms with Gasteiger partial charge in [-0.15, -0.1) is 0 Å². The summed E-state index contributed by atoms with van der Waals surface area (Å²) in [7, 11) is 0. The summed E-state index contributed by atoms with van der Waals surface area (Å²) < 4.78 is 0. The van der Waals surface area contributed by atoms with Crippen molar-refractivity contribution in [2.24, 2.45) is 0 Å². The molecule has 1 aromatic heterocycles. The van der Waals surface area contributed by atoms with Gasteiger partial charge in [-0.2, -0.15) is 0 Å². The lowest BCUT2D eigenvalue weighted by Crippen LogP contribution is -2.12. The van der Waals surface area contributed by atoms with E-state index in [9.17, 15) is 9.59 Å². The van der Waals surface area contributed by atoms with Crippen molar-refractivity contribution >= 4 is 28.3 Å². The molecule has 0 aliphatic carbocycles. The van der Waals surface area contributed by atoms with Crippen LogP contribution < -0.4 is 5.32 Å². The van der Waals surface area contributed by atoms with Crippen molar-refractivity contribution in [3.05, 3.63) is 71.9 Å². The van der Waals surface area contributed by atoms with Crippen molar-refractivity contribution in [3.8, 4) is 0 Å². The second-order valence-corrected chi connectivity index (χ2v) is 4.97. The molecule has 22 heavy (non-hydrogen) atoms. The maximum absolute atomic E-state index is 12.4. The molecule has 0 radical (unpaired) electrons. The number of para-hydroxylation sites is 1. The summed E-state index contributed by atoms with van der Waals surface area (Å²) in [5.41, 5.74) is 2.45. The van der Waals surface area contributed by atoms with Gasteiger partial charge in [0.25, 0.3) is 5.91 Å². The zero-order valence-electron chi connectivity index (χ0n) is 12.0. The quantitative estimate of drug-likeness (QED) is 0.748. The molecule has 108 valence electrons. The van der Waals surface area contributed by atoms with Gasteiger partial charge in [0, 0.05) is 22.8 Å². The fourth-order valence-electron chi connectivity index (χ4n) is 2.27.